The van der Waals surface area contributed by atoms with Gasteiger partial charge in [0, 0.05) is 6.04 Å². The van der Waals surface area contributed by atoms with Gasteiger partial charge < -0.3 is 5.32 Å². The topological polar surface area (TPSA) is 12.0 Å². The zero-order valence-electron chi connectivity index (χ0n) is 10.9. The van der Waals surface area contributed by atoms with Crippen molar-refractivity contribution in [3.63, 3.8) is 0 Å². The summed E-state index contributed by atoms with van der Waals surface area (Å²) < 4.78 is 0. The summed E-state index contributed by atoms with van der Waals surface area (Å²) in [7, 11) is 0. The summed E-state index contributed by atoms with van der Waals surface area (Å²) >= 11 is 0. The molecular weight excluding hydrogens is 194 g/mol. The molecule has 1 aliphatic rings. The molecule has 0 saturated carbocycles. The fraction of sp³-hybridized carbons (Fsp3) is 0.600. The van der Waals surface area contributed by atoms with Crippen molar-refractivity contribution in [2.45, 2.75) is 45.6 Å². The number of benzene rings is 1. The lowest BCUT2D eigenvalue weighted by Crippen LogP contribution is -2.14. The van der Waals surface area contributed by atoms with E-state index in [0.29, 0.717) is 6.04 Å². The van der Waals surface area contributed by atoms with E-state index in [1.54, 1.807) is 0 Å². The van der Waals surface area contributed by atoms with Gasteiger partial charge in [0.15, 0.2) is 0 Å². The molecule has 1 nitrogen and oxygen atoms in total. The van der Waals surface area contributed by atoms with Crippen LogP contribution >= 0.6 is 0 Å². The van der Waals surface area contributed by atoms with Gasteiger partial charge in [-0.15, -0.1) is 0 Å². The minimum absolute atomic E-state index is 0.259. The first-order valence-corrected chi connectivity index (χ1v) is 6.30. The Morgan fingerprint density at radius 2 is 1.75 bits per heavy atom. The van der Waals surface area contributed by atoms with Gasteiger partial charge in [-0.1, -0.05) is 52.0 Å². The normalized spacial score (nSPS) is 26.0. The summed E-state index contributed by atoms with van der Waals surface area (Å²) in [5, 5.41) is 3.58. The predicted molar refractivity (Wildman–Crippen MR) is 69.7 cm³/mol. The molecule has 1 heterocycles. The van der Waals surface area contributed by atoms with Crippen LogP contribution in [-0.2, 0) is 5.41 Å². The summed E-state index contributed by atoms with van der Waals surface area (Å²) in [6, 6.07) is 9.70. The second kappa shape index (κ2) is 4.21. The molecule has 88 valence electrons. The molecule has 0 unspecified atom stereocenters. The molecule has 0 spiro atoms. The van der Waals surface area contributed by atoms with Crippen molar-refractivity contribution in [3.8, 4) is 0 Å². The first kappa shape index (κ1) is 11.7. The molecular formula is C15H23N. The van der Waals surface area contributed by atoms with Gasteiger partial charge in [0.1, 0.15) is 0 Å². The van der Waals surface area contributed by atoms with E-state index < -0.39 is 0 Å². The standard InChI is InChI=1S/C15H23N/c1-11-9-14(16-10-11)12-5-7-13(8-6-12)15(2,3)4/h5-8,11,14,16H,9-10H2,1-4H3/t11-,14+/m1/s1. The molecule has 1 fully saturated rings. The second-order valence-corrected chi connectivity index (χ2v) is 6.17. The molecule has 0 radical (unpaired) electrons. The number of nitrogens with one attached hydrogen (secondary N) is 1. The molecule has 1 saturated heterocycles. The Hall–Kier alpha value is -0.820. The number of rotatable bonds is 1. The van der Waals surface area contributed by atoms with Gasteiger partial charge in [-0.2, -0.15) is 0 Å². The summed E-state index contributed by atoms with van der Waals surface area (Å²) in [6.07, 6.45) is 1.27. The maximum Gasteiger partial charge on any atom is 0.0323 e. The maximum atomic E-state index is 3.58. The van der Waals surface area contributed by atoms with Gasteiger partial charge in [-0.05, 0) is 35.4 Å². The highest BCUT2D eigenvalue weighted by Gasteiger charge is 2.22. The van der Waals surface area contributed by atoms with Crippen LogP contribution in [0, 0.1) is 5.92 Å². The Morgan fingerprint density at radius 1 is 1.12 bits per heavy atom. The van der Waals surface area contributed by atoms with Crippen LogP contribution in [0.5, 0.6) is 0 Å². The largest absolute Gasteiger partial charge is 0.310 e. The van der Waals surface area contributed by atoms with Gasteiger partial charge in [0.05, 0.1) is 0 Å². The van der Waals surface area contributed by atoms with E-state index in [2.05, 4.69) is 57.3 Å². The Morgan fingerprint density at radius 3 is 2.19 bits per heavy atom. The van der Waals surface area contributed by atoms with Gasteiger partial charge in [-0.25, -0.2) is 0 Å². The van der Waals surface area contributed by atoms with Crippen molar-refractivity contribution in [2.75, 3.05) is 6.54 Å². The molecule has 1 N–H and O–H groups in total. The van der Waals surface area contributed by atoms with E-state index in [1.165, 1.54) is 17.5 Å². The van der Waals surface area contributed by atoms with E-state index in [0.717, 1.165) is 12.5 Å². The van der Waals surface area contributed by atoms with E-state index in [1.807, 2.05) is 0 Å². The third kappa shape index (κ3) is 2.46. The highest BCUT2D eigenvalue weighted by Crippen LogP contribution is 2.29. The van der Waals surface area contributed by atoms with Crippen LogP contribution in [0.15, 0.2) is 24.3 Å². The fourth-order valence-corrected chi connectivity index (χ4v) is 2.38. The Labute approximate surface area is 99.3 Å². The highest BCUT2D eigenvalue weighted by molar-refractivity contribution is 5.29. The minimum atomic E-state index is 0.259. The molecule has 2 atom stereocenters. The Bertz CT molecular complexity index is 345. The zero-order chi connectivity index (χ0) is 11.8. The van der Waals surface area contributed by atoms with Gasteiger partial charge in [0.25, 0.3) is 0 Å². The molecule has 1 aromatic rings. The SMILES string of the molecule is C[C@H]1CN[C@H](c2ccc(C(C)(C)C)cc2)C1. The van der Waals surface area contributed by atoms with Crippen molar-refractivity contribution in [2.24, 2.45) is 5.92 Å². The van der Waals surface area contributed by atoms with Crippen LogP contribution in [-0.4, -0.2) is 6.54 Å². The maximum absolute atomic E-state index is 3.58. The highest BCUT2D eigenvalue weighted by atomic mass is 14.9. The Kier molecular flexibility index (Phi) is 3.07. The molecule has 0 bridgehead atoms. The van der Waals surface area contributed by atoms with Crippen LogP contribution in [0.1, 0.15) is 51.3 Å². The molecule has 2 rings (SSSR count). The quantitative estimate of drug-likeness (QED) is 0.757. The first-order chi connectivity index (χ1) is 7.47. The molecule has 0 aliphatic carbocycles. The summed E-state index contributed by atoms with van der Waals surface area (Å²) in [6.45, 7) is 10.3. The second-order valence-electron chi connectivity index (χ2n) is 6.17. The van der Waals surface area contributed by atoms with Crippen LogP contribution in [0.3, 0.4) is 0 Å². The minimum Gasteiger partial charge on any atom is -0.310 e. The van der Waals surface area contributed by atoms with E-state index >= 15 is 0 Å². The first-order valence-electron chi connectivity index (χ1n) is 6.30. The third-order valence-electron chi connectivity index (χ3n) is 3.53. The molecule has 0 amide bonds. The molecule has 16 heavy (non-hydrogen) atoms. The zero-order valence-corrected chi connectivity index (χ0v) is 10.9. The molecule has 1 heteroatoms. The lowest BCUT2D eigenvalue weighted by molar-refractivity contribution is 0.586. The summed E-state index contributed by atoms with van der Waals surface area (Å²) in [4.78, 5) is 0. The van der Waals surface area contributed by atoms with Crippen molar-refractivity contribution >= 4 is 0 Å². The van der Waals surface area contributed by atoms with Crippen molar-refractivity contribution in [1.82, 2.24) is 5.32 Å². The molecule has 1 aliphatic heterocycles. The predicted octanol–water partition coefficient (Wildman–Crippen LogP) is 3.65. The van der Waals surface area contributed by atoms with E-state index in [-0.39, 0.29) is 5.41 Å². The molecule has 0 aromatic heterocycles. The monoisotopic (exact) mass is 217 g/mol. The van der Waals surface area contributed by atoms with Crippen LogP contribution < -0.4 is 5.32 Å². The summed E-state index contributed by atoms with van der Waals surface area (Å²) in [5.74, 6) is 0.812. The smallest absolute Gasteiger partial charge is 0.0323 e. The molecule has 1 aromatic carbocycles. The number of hydrogen-bond donors (Lipinski definition) is 1. The van der Waals surface area contributed by atoms with Crippen molar-refractivity contribution in [1.29, 1.82) is 0 Å². The van der Waals surface area contributed by atoms with Crippen LogP contribution in [0.2, 0.25) is 0 Å². The number of hydrogen-bond acceptors (Lipinski definition) is 1. The fourth-order valence-electron chi connectivity index (χ4n) is 2.38. The van der Waals surface area contributed by atoms with Gasteiger partial charge in [-0.3, -0.25) is 0 Å². The third-order valence-corrected chi connectivity index (χ3v) is 3.53. The van der Waals surface area contributed by atoms with E-state index in [9.17, 15) is 0 Å². The average molecular weight is 217 g/mol. The van der Waals surface area contributed by atoms with Crippen molar-refractivity contribution in [3.05, 3.63) is 35.4 Å². The van der Waals surface area contributed by atoms with Crippen LogP contribution in [0.25, 0.3) is 0 Å². The lowest BCUT2D eigenvalue weighted by Gasteiger charge is -2.20. The van der Waals surface area contributed by atoms with Gasteiger partial charge >= 0.3 is 0 Å². The van der Waals surface area contributed by atoms with Gasteiger partial charge in [0.2, 0.25) is 0 Å². The summed E-state index contributed by atoms with van der Waals surface area (Å²) in [5.41, 5.74) is 3.12. The van der Waals surface area contributed by atoms with Crippen molar-refractivity contribution < 1.29 is 0 Å². The Balaban J connectivity index is 2.14. The van der Waals surface area contributed by atoms with E-state index in [4.69, 9.17) is 0 Å². The lowest BCUT2D eigenvalue weighted by atomic mass is 9.86. The van der Waals surface area contributed by atoms with Crippen LogP contribution in [0.4, 0.5) is 0 Å². The average Bonchev–Trinajstić information content (AvgIpc) is 2.64.